The SMILES string of the molecule is CCN1CCCC1CNC(=NC)NCc1ccccc1S(=O)(=O)N(C)C. The molecule has 146 valence electrons. The van der Waals surface area contributed by atoms with Crippen LogP contribution in [0.2, 0.25) is 0 Å². The van der Waals surface area contributed by atoms with Crippen molar-refractivity contribution in [2.45, 2.75) is 37.2 Å². The van der Waals surface area contributed by atoms with E-state index in [1.807, 2.05) is 12.1 Å². The van der Waals surface area contributed by atoms with Gasteiger partial charge in [-0.15, -0.1) is 0 Å². The van der Waals surface area contributed by atoms with Crippen molar-refractivity contribution in [1.82, 2.24) is 19.8 Å². The molecule has 0 amide bonds. The molecule has 26 heavy (non-hydrogen) atoms. The van der Waals surface area contributed by atoms with Crippen molar-refractivity contribution in [2.24, 2.45) is 4.99 Å². The molecule has 0 aromatic heterocycles. The zero-order chi connectivity index (χ0) is 19.2. The average Bonchev–Trinajstić information content (AvgIpc) is 3.09. The lowest BCUT2D eigenvalue weighted by molar-refractivity contribution is 0.267. The summed E-state index contributed by atoms with van der Waals surface area (Å²) < 4.78 is 26.2. The first-order chi connectivity index (χ1) is 12.4. The van der Waals surface area contributed by atoms with Crippen molar-refractivity contribution < 1.29 is 8.42 Å². The van der Waals surface area contributed by atoms with Gasteiger partial charge in [0.2, 0.25) is 10.0 Å². The third kappa shape index (κ3) is 4.96. The molecule has 1 heterocycles. The number of nitrogens with one attached hydrogen (secondary N) is 2. The number of aliphatic imine (C=N–C) groups is 1. The van der Waals surface area contributed by atoms with Crippen LogP contribution < -0.4 is 10.6 Å². The largest absolute Gasteiger partial charge is 0.355 e. The maximum absolute atomic E-state index is 12.5. The van der Waals surface area contributed by atoms with Crippen LogP contribution in [0.5, 0.6) is 0 Å². The molecule has 0 aliphatic carbocycles. The molecule has 2 N–H and O–H groups in total. The molecule has 1 atom stereocenters. The van der Waals surface area contributed by atoms with Gasteiger partial charge in [0.05, 0.1) is 4.90 Å². The second-order valence-corrected chi connectivity index (χ2v) is 8.75. The van der Waals surface area contributed by atoms with Gasteiger partial charge < -0.3 is 10.6 Å². The number of nitrogens with zero attached hydrogens (tertiary/aromatic N) is 3. The van der Waals surface area contributed by atoms with E-state index in [-0.39, 0.29) is 0 Å². The molecule has 0 spiro atoms. The van der Waals surface area contributed by atoms with Crippen molar-refractivity contribution in [2.75, 3.05) is 40.8 Å². The third-order valence-corrected chi connectivity index (χ3v) is 6.73. The Kier molecular flexibility index (Phi) is 7.43. The molecule has 1 fully saturated rings. The highest BCUT2D eigenvalue weighted by molar-refractivity contribution is 7.89. The van der Waals surface area contributed by atoms with Gasteiger partial charge in [-0.2, -0.15) is 0 Å². The van der Waals surface area contributed by atoms with Gasteiger partial charge in [-0.1, -0.05) is 25.1 Å². The molecule has 7 nitrogen and oxygen atoms in total. The summed E-state index contributed by atoms with van der Waals surface area (Å²) in [6.45, 7) is 5.64. The molecule has 1 saturated heterocycles. The van der Waals surface area contributed by atoms with Crippen LogP contribution in [0.3, 0.4) is 0 Å². The molecule has 2 rings (SSSR count). The Hall–Kier alpha value is -1.64. The van der Waals surface area contributed by atoms with Gasteiger partial charge in [0.25, 0.3) is 0 Å². The monoisotopic (exact) mass is 381 g/mol. The fourth-order valence-electron chi connectivity index (χ4n) is 3.25. The summed E-state index contributed by atoms with van der Waals surface area (Å²) in [5.41, 5.74) is 0.722. The van der Waals surface area contributed by atoms with Gasteiger partial charge in [0.15, 0.2) is 5.96 Å². The topological polar surface area (TPSA) is 77.0 Å². The van der Waals surface area contributed by atoms with Crippen molar-refractivity contribution in [3.8, 4) is 0 Å². The van der Waals surface area contributed by atoms with E-state index in [9.17, 15) is 8.42 Å². The van der Waals surface area contributed by atoms with E-state index in [1.165, 1.54) is 17.1 Å². The number of likely N-dealkylation sites (tertiary alicyclic amines) is 1. The summed E-state index contributed by atoms with van der Waals surface area (Å²) in [6, 6.07) is 7.58. The van der Waals surface area contributed by atoms with Crippen LogP contribution in [0.1, 0.15) is 25.3 Å². The Morgan fingerprint density at radius 2 is 2.04 bits per heavy atom. The molecule has 1 aromatic rings. The maximum Gasteiger partial charge on any atom is 0.242 e. The first-order valence-corrected chi connectivity index (χ1v) is 10.5. The van der Waals surface area contributed by atoms with E-state index >= 15 is 0 Å². The fraction of sp³-hybridized carbons (Fsp3) is 0.611. The van der Waals surface area contributed by atoms with Gasteiger partial charge in [0.1, 0.15) is 0 Å². The molecule has 8 heteroatoms. The number of rotatable bonds is 7. The highest BCUT2D eigenvalue weighted by Crippen LogP contribution is 2.18. The highest BCUT2D eigenvalue weighted by atomic mass is 32.2. The Balaban J connectivity index is 1.99. The predicted molar refractivity (Wildman–Crippen MR) is 106 cm³/mol. The van der Waals surface area contributed by atoms with E-state index in [1.54, 1.807) is 33.3 Å². The van der Waals surface area contributed by atoms with Gasteiger partial charge in [-0.3, -0.25) is 9.89 Å². The number of guanidine groups is 1. The molecule has 0 saturated carbocycles. The summed E-state index contributed by atoms with van der Waals surface area (Å²) in [4.78, 5) is 7.05. The fourth-order valence-corrected chi connectivity index (χ4v) is 4.37. The van der Waals surface area contributed by atoms with Gasteiger partial charge in [-0.25, -0.2) is 12.7 Å². The van der Waals surface area contributed by atoms with Crippen LogP contribution in [-0.4, -0.2) is 70.4 Å². The quantitative estimate of drug-likeness (QED) is 0.546. The lowest BCUT2D eigenvalue weighted by Crippen LogP contribution is -2.44. The van der Waals surface area contributed by atoms with Gasteiger partial charge in [0, 0.05) is 40.3 Å². The van der Waals surface area contributed by atoms with Crippen LogP contribution in [-0.2, 0) is 16.6 Å². The van der Waals surface area contributed by atoms with E-state index in [4.69, 9.17) is 0 Å². The number of benzene rings is 1. The van der Waals surface area contributed by atoms with Crippen LogP contribution in [0.4, 0.5) is 0 Å². The van der Waals surface area contributed by atoms with Crippen LogP contribution in [0.15, 0.2) is 34.2 Å². The standard InChI is InChI=1S/C18H31N5O2S/c1-5-23-12-8-10-16(23)14-21-18(19-2)20-13-15-9-6-7-11-17(15)26(24,25)22(3)4/h6-7,9,11,16H,5,8,10,12-14H2,1-4H3,(H2,19,20,21). The number of likely N-dealkylation sites (N-methyl/N-ethyl adjacent to an activating group) is 1. The van der Waals surface area contributed by atoms with E-state index < -0.39 is 10.0 Å². The zero-order valence-electron chi connectivity index (χ0n) is 16.2. The Labute approximate surface area is 157 Å². The molecule has 1 unspecified atom stereocenters. The molecular weight excluding hydrogens is 350 g/mol. The molecule has 0 bridgehead atoms. The summed E-state index contributed by atoms with van der Waals surface area (Å²) in [5.74, 6) is 0.685. The van der Waals surface area contributed by atoms with E-state index in [2.05, 4.69) is 27.4 Å². The number of sulfonamides is 1. The normalized spacial score (nSPS) is 19.1. The van der Waals surface area contributed by atoms with E-state index in [0.717, 1.165) is 25.2 Å². The molecule has 1 aromatic carbocycles. The first-order valence-electron chi connectivity index (χ1n) is 9.09. The second-order valence-electron chi connectivity index (χ2n) is 6.63. The average molecular weight is 382 g/mol. The van der Waals surface area contributed by atoms with Crippen LogP contribution >= 0.6 is 0 Å². The van der Waals surface area contributed by atoms with Crippen LogP contribution in [0, 0.1) is 0 Å². The second kappa shape index (κ2) is 9.34. The Morgan fingerprint density at radius 1 is 1.31 bits per heavy atom. The van der Waals surface area contributed by atoms with Crippen molar-refractivity contribution in [1.29, 1.82) is 0 Å². The minimum atomic E-state index is -3.47. The third-order valence-electron chi connectivity index (χ3n) is 4.81. The first kappa shape index (κ1) is 20.7. The van der Waals surface area contributed by atoms with E-state index in [0.29, 0.717) is 23.4 Å². The van der Waals surface area contributed by atoms with Crippen LogP contribution in [0.25, 0.3) is 0 Å². The highest BCUT2D eigenvalue weighted by Gasteiger charge is 2.23. The Morgan fingerprint density at radius 3 is 2.69 bits per heavy atom. The summed E-state index contributed by atoms with van der Waals surface area (Å²) in [6.07, 6.45) is 2.43. The summed E-state index contributed by atoms with van der Waals surface area (Å²) in [7, 11) is 1.34. The molecule has 1 aliphatic rings. The zero-order valence-corrected chi connectivity index (χ0v) is 17.0. The lowest BCUT2D eigenvalue weighted by atomic mass is 10.2. The maximum atomic E-state index is 12.5. The molecular formula is C18H31N5O2S. The molecule has 1 aliphatic heterocycles. The van der Waals surface area contributed by atoms with Gasteiger partial charge in [-0.05, 0) is 37.6 Å². The molecule has 0 radical (unpaired) electrons. The number of hydrogen-bond acceptors (Lipinski definition) is 4. The van der Waals surface area contributed by atoms with Gasteiger partial charge >= 0.3 is 0 Å². The minimum Gasteiger partial charge on any atom is -0.355 e. The summed E-state index contributed by atoms with van der Waals surface area (Å²) >= 11 is 0. The van der Waals surface area contributed by atoms with Crippen molar-refractivity contribution >= 4 is 16.0 Å². The number of hydrogen-bond donors (Lipinski definition) is 2. The predicted octanol–water partition coefficient (Wildman–Crippen LogP) is 1.09. The minimum absolute atomic E-state index is 0.320. The smallest absolute Gasteiger partial charge is 0.242 e. The van der Waals surface area contributed by atoms with Crippen molar-refractivity contribution in [3.63, 3.8) is 0 Å². The lowest BCUT2D eigenvalue weighted by Gasteiger charge is -2.24. The summed E-state index contributed by atoms with van der Waals surface area (Å²) in [5, 5.41) is 6.60. The van der Waals surface area contributed by atoms with Crippen molar-refractivity contribution in [3.05, 3.63) is 29.8 Å². The Bertz CT molecular complexity index is 718.